The number of carbonyl (C=O) groups excluding carboxylic acids is 1. The number of benzene rings is 1. The van der Waals surface area contributed by atoms with Crippen molar-refractivity contribution in [3.63, 3.8) is 0 Å². The van der Waals surface area contributed by atoms with Crippen LogP contribution in [0.25, 0.3) is 0 Å². The lowest BCUT2D eigenvalue weighted by atomic mass is 10.1. The Bertz CT molecular complexity index is 469. The lowest BCUT2D eigenvalue weighted by Crippen LogP contribution is -2.30. The lowest BCUT2D eigenvalue weighted by molar-refractivity contribution is -0.128. The van der Waals surface area contributed by atoms with Crippen LogP contribution in [0.2, 0.25) is 0 Å². The number of amides is 1. The first-order chi connectivity index (χ1) is 9.83. The zero-order valence-corrected chi connectivity index (χ0v) is 11.8. The molecule has 2 saturated heterocycles. The first kappa shape index (κ1) is 13.6. The predicted molar refractivity (Wildman–Crippen MR) is 77.2 cm³/mol. The number of rotatable bonds is 5. The van der Waals surface area contributed by atoms with E-state index in [9.17, 15) is 4.79 Å². The van der Waals surface area contributed by atoms with Gasteiger partial charge in [0.05, 0.1) is 6.61 Å². The molecule has 4 nitrogen and oxygen atoms in total. The maximum Gasteiger partial charge on any atom is 0.222 e. The first-order valence-corrected chi connectivity index (χ1v) is 7.48. The number of hydrogen-bond acceptors (Lipinski definition) is 3. The molecule has 1 amide bonds. The van der Waals surface area contributed by atoms with E-state index in [0.29, 0.717) is 12.5 Å². The molecule has 108 valence electrons. The Kier molecular flexibility index (Phi) is 4.33. The molecule has 2 fully saturated rings. The summed E-state index contributed by atoms with van der Waals surface area (Å²) in [5.74, 6) is 0.289. The standard InChI is InChI=1S/C16H22N2O2/c19-16-6-3-8-18(16)11-14-5-2-1-4-13(14)10-17-15-7-9-20-12-15/h1-2,4-5,15,17H,3,6-12H2/t15-/m1/s1. The number of nitrogens with zero attached hydrogens (tertiary/aromatic N) is 1. The average molecular weight is 274 g/mol. The highest BCUT2D eigenvalue weighted by Gasteiger charge is 2.21. The van der Waals surface area contributed by atoms with Crippen LogP contribution in [0, 0.1) is 0 Å². The number of hydrogen-bond donors (Lipinski definition) is 1. The zero-order valence-electron chi connectivity index (χ0n) is 11.8. The maximum absolute atomic E-state index is 11.8. The highest BCUT2D eigenvalue weighted by Crippen LogP contribution is 2.17. The van der Waals surface area contributed by atoms with Gasteiger partial charge in [-0.3, -0.25) is 4.79 Å². The molecule has 1 aromatic carbocycles. The second kappa shape index (κ2) is 6.37. The van der Waals surface area contributed by atoms with Crippen molar-refractivity contribution < 1.29 is 9.53 Å². The molecular formula is C16H22N2O2. The summed E-state index contributed by atoms with van der Waals surface area (Å²) in [6, 6.07) is 8.87. The van der Waals surface area contributed by atoms with Crippen LogP contribution in [0.5, 0.6) is 0 Å². The summed E-state index contributed by atoms with van der Waals surface area (Å²) in [4.78, 5) is 13.7. The molecule has 1 aromatic rings. The van der Waals surface area contributed by atoms with Gasteiger partial charge in [-0.2, -0.15) is 0 Å². The smallest absolute Gasteiger partial charge is 0.222 e. The number of nitrogens with one attached hydrogen (secondary N) is 1. The Morgan fingerprint density at radius 1 is 1.30 bits per heavy atom. The van der Waals surface area contributed by atoms with E-state index in [4.69, 9.17) is 4.74 Å². The van der Waals surface area contributed by atoms with Crippen molar-refractivity contribution in [2.45, 2.75) is 38.4 Å². The molecule has 0 radical (unpaired) electrons. The molecule has 3 rings (SSSR count). The predicted octanol–water partition coefficient (Wildman–Crippen LogP) is 1.69. The molecule has 1 atom stereocenters. The maximum atomic E-state index is 11.8. The van der Waals surface area contributed by atoms with Gasteiger partial charge in [0.25, 0.3) is 0 Å². The Morgan fingerprint density at radius 2 is 2.15 bits per heavy atom. The second-order valence-corrected chi connectivity index (χ2v) is 5.63. The Balaban J connectivity index is 1.62. The Labute approximate surface area is 120 Å². The molecule has 2 aliphatic rings. The average Bonchev–Trinajstić information content (AvgIpc) is 3.11. The van der Waals surface area contributed by atoms with Gasteiger partial charge in [-0.25, -0.2) is 0 Å². The van der Waals surface area contributed by atoms with Crippen LogP contribution in [0.1, 0.15) is 30.4 Å². The van der Waals surface area contributed by atoms with Crippen LogP contribution >= 0.6 is 0 Å². The number of likely N-dealkylation sites (tertiary alicyclic amines) is 1. The summed E-state index contributed by atoms with van der Waals surface area (Å²) >= 11 is 0. The second-order valence-electron chi connectivity index (χ2n) is 5.63. The minimum Gasteiger partial charge on any atom is -0.380 e. The molecule has 20 heavy (non-hydrogen) atoms. The molecular weight excluding hydrogens is 252 g/mol. The largest absolute Gasteiger partial charge is 0.380 e. The van der Waals surface area contributed by atoms with Crippen molar-refractivity contribution in [3.05, 3.63) is 35.4 Å². The van der Waals surface area contributed by atoms with Gasteiger partial charge in [-0.05, 0) is 24.0 Å². The van der Waals surface area contributed by atoms with Crippen LogP contribution in [0.3, 0.4) is 0 Å². The molecule has 0 saturated carbocycles. The summed E-state index contributed by atoms with van der Waals surface area (Å²) < 4.78 is 5.38. The fourth-order valence-corrected chi connectivity index (χ4v) is 2.91. The van der Waals surface area contributed by atoms with Crippen LogP contribution in [0.4, 0.5) is 0 Å². The molecule has 0 bridgehead atoms. The van der Waals surface area contributed by atoms with Crippen LogP contribution in [-0.2, 0) is 22.6 Å². The highest BCUT2D eigenvalue weighted by molar-refractivity contribution is 5.78. The summed E-state index contributed by atoms with van der Waals surface area (Å²) in [7, 11) is 0. The minimum absolute atomic E-state index is 0.289. The van der Waals surface area contributed by atoms with Gasteiger partial charge in [-0.1, -0.05) is 24.3 Å². The van der Waals surface area contributed by atoms with Gasteiger partial charge in [0.2, 0.25) is 5.91 Å². The quantitative estimate of drug-likeness (QED) is 0.888. The van der Waals surface area contributed by atoms with Crippen molar-refractivity contribution in [3.8, 4) is 0 Å². The van der Waals surface area contributed by atoms with Crippen molar-refractivity contribution >= 4 is 5.91 Å². The van der Waals surface area contributed by atoms with E-state index in [-0.39, 0.29) is 5.91 Å². The van der Waals surface area contributed by atoms with E-state index in [1.807, 2.05) is 4.90 Å². The SMILES string of the molecule is O=C1CCCN1Cc1ccccc1CN[C@@H]1CCOC1. The molecule has 1 N–H and O–H groups in total. The molecule has 0 aromatic heterocycles. The van der Waals surface area contributed by atoms with Gasteiger partial charge in [0.1, 0.15) is 0 Å². The summed E-state index contributed by atoms with van der Waals surface area (Å²) in [6.07, 6.45) is 2.80. The summed E-state index contributed by atoms with van der Waals surface area (Å²) in [5.41, 5.74) is 2.55. The topological polar surface area (TPSA) is 41.6 Å². The highest BCUT2D eigenvalue weighted by atomic mass is 16.5. The van der Waals surface area contributed by atoms with Gasteiger partial charge < -0.3 is 15.0 Å². The van der Waals surface area contributed by atoms with Gasteiger partial charge in [0, 0.05) is 38.7 Å². The van der Waals surface area contributed by atoms with Crippen molar-refractivity contribution in [2.24, 2.45) is 0 Å². The van der Waals surface area contributed by atoms with E-state index < -0.39 is 0 Å². The van der Waals surface area contributed by atoms with E-state index >= 15 is 0 Å². The fourth-order valence-electron chi connectivity index (χ4n) is 2.91. The number of ether oxygens (including phenoxy) is 1. The third kappa shape index (κ3) is 3.19. The lowest BCUT2D eigenvalue weighted by Gasteiger charge is -2.19. The third-order valence-corrected chi connectivity index (χ3v) is 4.16. The summed E-state index contributed by atoms with van der Waals surface area (Å²) in [6.45, 7) is 4.18. The van der Waals surface area contributed by atoms with Crippen molar-refractivity contribution in [1.29, 1.82) is 0 Å². The van der Waals surface area contributed by atoms with Gasteiger partial charge in [-0.15, -0.1) is 0 Å². The normalized spacial score (nSPS) is 22.7. The van der Waals surface area contributed by atoms with Gasteiger partial charge in [0.15, 0.2) is 0 Å². The van der Waals surface area contributed by atoms with Gasteiger partial charge >= 0.3 is 0 Å². The Morgan fingerprint density at radius 3 is 2.85 bits per heavy atom. The van der Waals surface area contributed by atoms with Crippen LogP contribution in [0.15, 0.2) is 24.3 Å². The molecule has 0 spiro atoms. The molecule has 2 aliphatic heterocycles. The van der Waals surface area contributed by atoms with Crippen LogP contribution in [-0.4, -0.2) is 36.6 Å². The molecule has 0 aliphatic carbocycles. The molecule has 2 heterocycles. The van der Waals surface area contributed by atoms with Crippen molar-refractivity contribution in [1.82, 2.24) is 10.2 Å². The van der Waals surface area contributed by atoms with E-state index in [2.05, 4.69) is 29.6 Å². The van der Waals surface area contributed by atoms with E-state index in [1.54, 1.807) is 0 Å². The first-order valence-electron chi connectivity index (χ1n) is 7.48. The number of carbonyl (C=O) groups is 1. The molecule has 0 unspecified atom stereocenters. The minimum atomic E-state index is 0.289. The van der Waals surface area contributed by atoms with E-state index in [1.165, 1.54) is 11.1 Å². The van der Waals surface area contributed by atoms with E-state index in [0.717, 1.165) is 45.7 Å². The Hall–Kier alpha value is -1.39. The monoisotopic (exact) mass is 274 g/mol. The summed E-state index contributed by atoms with van der Waals surface area (Å²) in [5, 5.41) is 3.55. The zero-order chi connectivity index (χ0) is 13.8. The van der Waals surface area contributed by atoms with Crippen molar-refractivity contribution in [2.75, 3.05) is 19.8 Å². The fraction of sp³-hybridized carbons (Fsp3) is 0.562. The third-order valence-electron chi connectivity index (χ3n) is 4.16. The van der Waals surface area contributed by atoms with Crippen LogP contribution < -0.4 is 5.32 Å². The molecule has 4 heteroatoms.